The first-order valence-electron chi connectivity index (χ1n) is 6.52. The summed E-state index contributed by atoms with van der Waals surface area (Å²) in [6.07, 6.45) is -0.559. The minimum atomic E-state index is -0.749. The van der Waals surface area contributed by atoms with Gasteiger partial charge in [0.25, 0.3) is 5.88 Å². The zero-order chi connectivity index (χ0) is 16.3. The van der Waals surface area contributed by atoms with Gasteiger partial charge < -0.3 is 15.8 Å². The third kappa shape index (κ3) is 3.69. The van der Waals surface area contributed by atoms with Gasteiger partial charge in [0.05, 0.1) is 5.69 Å². The van der Waals surface area contributed by atoms with Crippen LogP contribution in [0.5, 0.6) is 5.88 Å². The van der Waals surface area contributed by atoms with Gasteiger partial charge in [-0.25, -0.2) is 8.78 Å². The van der Waals surface area contributed by atoms with Gasteiger partial charge in [0.2, 0.25) is 5.91 Å². The molecular formula is C15H15F2N3O2. The van der Waals surface area contributed by atoms with Crippen LogP contribution in [-0.2, 0) is 4.79 Å². The highest BCUT2D eigenvalue weighted by Gasteiger charge is 2.16. The van der Waals surface area contributed by atoms with E-state index < -0.39 is 11.9 Å². The van der Waals surface area contributed by atoms with E-state index in [-0.39, 0.29) is 29.1 Å². The second kappa shape index (κ2) is 6.38. The number of carbonyl (C=O) groups is 1. The number of nitrogens with one attached hydrogen (secondary N) is 1. The molecule has 5 nitrogen and oxygen atoms in total. The van der Waals surface area contributed by atoms with Crippen molar-refractivity contribution in [2.45, 2.75) is 20.0 Å². The predicted octanol–water partition coefficient (Wildman–Crippen LogP) is 3.04. The van der Waals surface area contributed by atoms with Gasteiger partial charge in [-0.1, -0.05) is 12.1 Å². The lowest BCUT2D eigenvalue weighted by molar-refractivity contribution is -0.114. The van der Waals surface area contributed by atoms with Gasteiger partial charge in [0.15, 0.2) is 11.6 Å². The molecule has 0 saturated carbocycles. The topological polar surface area (TPSA) is 77.2 Å². The van der Waals surface area contributed by atoms with Crippen molar-refractivity contribution in [1.29, 1.82) is 0 Å². The Morgan fingerprint density at radius 3 is 2.55 bits per heavy atom. The molecule has 0 spiro atoms. The molecule has 0 saturated heterocycles. The van der Waals surface area contributed by atoms with Crippen molar-refractivity contribution in [1.82, 2.24) is 4.98 Å². The minimum Gasteiger partial charge on any atom is -0.468 e. The summed E-state index contributed by atoms with van der Waals surface area (Å²) in [5.41, 5.74) is 6.23. The van der Waals surface area contributed by atoms with E-state index in [9.17, 15) is 13.6 Å². The summed E-state index contributed by atoms with van der Waals surface area (Å²) in [7, 11) is 0. The molecule has 7 heteroatoms. The van der Waals surface area contributed by atoms with Gasteiger partial charge in [0, 0.05) is 13.0 Å². The monoisotopic (exact) mass is 307 g/mol. The van der Waals surface area contributed by atoms with E-state index in [0.717, 1.165) is 6.07 Å². The van der Waals surface area contributed by atoms with Crippen LogP contribution in [0.4, 0.5) is 20.3 Å². The third-order valence-electron chi connectivity index (χ3n) is 2.90. The quantitative estimate of drug-likeness (QED) is 0.910. The highest BCUT2D eigenvalue weighted by molar-refractivity contribution is 5.90. The summed E-state index contributed by atoms with van der Waals surface area (Å²) in [4.78, 5) is 14.9. The fraction of sp³-hybridized carbons (Fsp3) is 0.200. The van der Waals surface area contributed by atoms with Crippen LogP contribution < -0.4 is 15.8 Å². The van der Waals surface area contributed by atoms with Crippen LogP contribution in [0.15, 0.2) is 30.3 Å². The second-order valence-corrected chi connectivity index (χ2v) is 4.71. The van der Waals surface area contributed by atoms with Crippen LogP contribution in [-0.4, -0.2) is 10.9 Å². The van der Waals surface area contributed by atoms with E-state index in [4.69, 9.17) is 10.5 Å². The number of carbonyl (C=O) groups excluding carboxylic acids is 1. The maximum atomic E-state index is 13.9. The zero-order valence-electron chi connectivity index (χ0n) is 12.1. The van der Waals surface area contributed by atoms with Crippen molar-refractivity contribution in [3.8, 4) is 5.88 Å². The molecule has 1 amide bonds. The summed E-state index contributed by atoms with van der Waals surface area (Å²) in [6.45, 7) is 2.95. The molecule has 0 bridgehead atoms. The van der Waals surface area contributed by atoms with Crippen LogP contribution in [0.2, 0.25) is 0 Å². The number of aromatic nitrogens is 1. The number of nitrogens with two attached hydrogens (primary N) is 1. The van der Waals surface area contributed by atoms with Gasteiger partial charge >= 0.3 is 0 Å². The first-order valence-corrected chi connectivity index (χ1v) is 6.52. The molecular weight excluding hydrogens is 292 g/mol. The summed E-state index contributed by atoms with van der Waals surface area (Å²) in [5.74, 6) is -1.78. The summed E-state index contributed by atoms with van der Waals surface area (Å²) in [6, 6.07) is 6.65. The molecule has 2 aromatic rings. The fourth-order valence-electron chi connectivity index (χ4n) is 1.80. The van der Waals surface area contributed by atoms with Gasteiger partial charge in [-0.05, 0) is 24.6 Å². The molecule has 3 N–H and O–H groups in total. The molecule has 0 fully saturated rings. The molecule has 0 aliphatic heterocycles. The van der Waals surface area contributed by atoms with Crippen molar-refractivity contribution in [2.24, 2.45) is 0 Å². The van der Waals surface area contributed by atoms with Gasteiger partial charge in [-0.2, -0.15) is 4.98 Å². The molecule has 1 heterocycles. The molecule has 1 atom stereocenters. The Kier molecular flexibility index (Phi) is 4.55. The molecule has 116 valence electrons. The Morgan fingerprint density at radius 2 is 1.95 bits per heavy atom. The number of nitrogens with zero attached hydrogens (tertiary/aromatic N) is 1. The molecule has 0 radical (unpaired) electrons. The van der Waals surface area contributed by atoms with Crippen molar-refractivity contribution in [3.05, 3.63) is 47.5 Å². The molecule has 1 aromatic heterocycles. The second-order valence-electron chi connectivity index (χ2n) is 4.71. The smallest absolute Gasteiger partial charge is 0.253 e. The van der Waals surface area contributed by atoms with E-state index >= 15 is 0 Å². The average Bonchev–Trinajstić information content (AvgIpc) is 2.44. The lowest BCUT2D eigenvalue weighted by Gasteiger charge is -2.16. The van der Waals surface area contributed by atoms with E-state index in [1.165, 1.54) is 31.2 Å². The van der Waals surface area contributed by atoms with Crippen LogP contribution in [0.1, 0.15) is 25.5 Å². The average molecular weight is 307 g/mol. The maximum absolute atomic E-state index is 13.9. The van der Waals surface area contributed by atoms with Crippen molar-refractivity contribution in [2.75, 3.05) is 11.1 Å². The Balaban J connectivity index is 2.24. The molecule has 1 aromatic carbocycles. The summed E-state index contributed by atoms with van der Waals surface area (Å²) in [5, 5.41) is 2.39. The van der Waals surface area contributed by atoms with Crippen molar-refractivity contribution in [3.63, 3.8) is 0 Å². The number of ether oxygens (including phenoxy) is 1. The first kappa shape index (κ1) is 15.7. The Labute approximate surface area is 126 Å². The number of benzene rings is 1. The highest BCUT2D eigenvalue weighted by Crippen LogP contribution is 2.27. The summed E-state index contributed by atoms with van der Waals surface area (Å²) < 4.78 is 32.2. The molecule has 0 aliphatic carbocycles. The number of nitrogen functional groups attached to an aromatic ring is 1. The normalized spacial score (nSPS) is 11.8. The number of hydrogen-bond acceptors (Lipinski definition) is 4. The third-order valence-corrected chi connectivity index (χ3v) is 2.90. The van der Waals surface area contributed by atoms with Crippen molar-refractivity contribution >= 4 is 17.4 Å². The standard InChI is InChI=1S/C15H15F2N3O2/c1-8(10-3-5-11(16)6-4-10)22-15-12(17)7-13(18)14(20-15)19-9(2)21/h3-8H,18H2,1-2H3,(H,19,20,21). The SMILES string of the molecule is CC(=O)Nc1nc(OC(C)c2ccc(F)cc2)c(F)cc1N. The Hall–Kier alpha value is -2.70. The van der Waals surface area contributed by atoms with E-state index in [0.29, 0.717) is 5.56 Å². The van der Waals surface area contributed by atoms with Gasteiger partial charge in [-0.15, -0.1) is 0 Å². The zero-order valence-corrected chi connectivity index (χ0v) is 12.1. The Bertz CT molecular complexity index is 690. The number of amides is 1. The maximum Gasteiger partial charge on any atom is 0.253 e. The number of pyridine rings is 1. The van der Waals surface area contributed by atoms with Gasteiger partial charge in [0.1, 0.15) is 11.9 Å². The molecule has 1 unspecified atom stereocenters. The van der Waals surface area contributed by atoms with Gasteiger partial charge in [-0.3, -0.25) is 4.79 Å². The summed E-state index contributed by atoms with van der Waals surface area (Å²) >= 11 is 0. The Morgan fingerprint density at radius 1 is 1.32 bits per heavy atom. The van der Waals surface area contributed by atoms with Crippen LogP contribution in [0.3, 0.4) is 0 Å². The number of anilines is 2. The van der Waals surface area contributed by atoms with Crippen LogP contribution in [0, 0.1) is 11.6 Å². The minimum absolute atomic E-state index is 0.00511. The lowest BCUT2D eigenvalue weighted by Crippen LogP contribution is -2.12. The van der Waals surface area contributed by atoms with Crippen molar-refractivity contribution < 1.29 is 18.3 Å². The van der Waals surface area contributed by atoms with Crippen LogP contribution >= 0.6 is 0 Å². The largest absolute Gasteiger partial charge is 0.468 e. The number of halogens is 2. The first-order chi connectivity index (χ1) is 10.4. The molecule has 0 aliphatic rings. The molecule has 22 heavy (non-hydrogen) atoms. The fourth-order valence-corrected chi connectivity index (χ4v) is 1.80. The number of hydrogen-bond donors (Lipinski definition) is 2. The predicted molar refractivity (Wildman–Crippen MR) is 78.4 cm³/mol. The van der Waals surface area contributed by atoms with E-state index in [1.54, 1.807) is 6.92 Å². The highest BCUT2D eigenvalue weighted by atomic mass is 19.1. The van der Waals surface area contributed by atoms with E-state index in [2.05, 4.69) is 10.3 Å². The van der Waals surface area contributed by atoms with E-state index in [1.807, 2.05) is 0 Å². The lowest BCUT2D eigenvalue weighted by atomic mass is 10.1. The van der Waals surface area contributed by atoms with Crippen LogP contribution in [0.25, 0.3) is 0 Å². The number of rotatable bonds is 4. The molecule has 2 rings (SSSR count).